The van der Waals surface area contributed by atoms with Crippen LogP contribution in [0.5, 0.6) is 0 Å². The van der Waals surface area contributed by atoms with Gasteiger partial charge in [0.25, 0.3) is 0 Å². The first-order chi connectivity index (χ1) is 9.86. The topological polar surface area (TPSA) is 69.8 Å². The normalized spacial score (nSPS) is 11.2. The van der Waals surface area contributed by atoms with Gasteiger partial charge in [0.15, 0.2) is 0 Å². The lowest BCUT2D eigenvalue weighted by atomic mass is 9.87. The SMILES string of the molecule is Cc1[nH]cnc1CNC(=O)Nc1ccc(C(C)(C)C)cc1. The van der Waals surface area contributed by atoms with Crippen molar-refractivity contribution in [2.45, 2.75) is 39.7 Å². The van der Waals surface area contributed by atoms with Crippen LogP contribution in [-0.2, 0) is 12.0 Å². The fourth-order valence-electron chi connectivity index (χ4n) is 1.96. The molecule has 5 heteroatoms. The zero-order chi connectivity index (χ0) is 15.5. The molecule has 112 valence electrons. The summed E-state index contributed by atoms with van der Waals surface area (Å²) in [4.78, 5) is 19.0. The number of aromatic amines is 1. The number of amides is 2. The van der Waals surface area contributed by atoms with E-state index < -0.39 is 0 Å². The van der Waals surface area contributed by atoms with Crippen molar-refractivity contribution in [1.82, 2.24) is 15.3 Å². The predicted octanol–water partition coefficient (Wildman–Crippen LogP) is 3.34. The highest BCUT2D eigenvalue weighted by Gasteiger charge is 2.13. The highest BCUT2D eigenvalue weighted by Crippen LogP contribution is 2.23. The summed E-state index contributed by atoms with van der Waals surface area (Å²) in [6, 6.07) is 7.67. The molecule has 1 aromatic carbocycles. The summed E-state index contributed by atoms with van der Waals surface area (Å²) in [5.74, 6) is 0. The average Bonchev–Trinajstić information content (AvgIpc) is 2.81. The number of hydrogen-bond acceptors (Lipinski definition) is 2. The third-order valence-corrected chi connectivity index (χ3v) is 3.36. The Bertz CT molecular complexity index is 608. The Morgan fingerprint density at radius 1 is 1.24 bits per heavy atom. The summed E-state index contributed by atoms with van der Waals surface area (Å²) in [5, 5.41) is 5.60. The van der Waals surface area contributed by atoms with Crippen LogP contribution in [0.1, 0.15) is 37.7 Å². The molecule has 0 bridgehead atoms. The third-order valence-electron chi connectivity index (χ3n) is 3.36. The van der Waals surface area contributed by atoms with Crippen molar-refractivity contribution in [3.8, 4) is 0 Å². The van der Waals surface area contributed by atoms with Gasteiger partial charge in [-0.05, 0) is 30.0 Å². The minimum atomic E-state index is -0.235. The van der Waals surface area contributed by atoms with Crippen LogP contribution in [-0.4, -0.2) is 16.0 Å². The van der Waals surface area contributed by atoms with E-state index in [0.29, 0.717) is 6.54 Å². The maximum absolute atomic E-state index is 11.8. The van der Waals surface area contributed by atoms with Crippen molar-refractivity contribution in [2.24, 2.45) is 0 Å². The monoisotopic (exact) mass is 286 g/mol. The van der Waals surface area contributed by atoms with Gasteiger partial charge in [0.1, 0.15) is 0 Å². The number of aryl methyl sites for hydroxylation is 1. The zero-order valence-electron chi connectivity index (χ0n) is 12.9. The molecule has 5 nitrogen and oxygen atoms in total. The number of benzene rings is 1. The number of H-pyrrole nitrogens is 1. The molecule has 0 radical (unpaired) electrons. The number of aromatic nitrogens is 2. The summed E-state index contributed by atoms with van der Waals surface area (Å²) < 4.78 is 0. The van der Waals surface area contributed by atoms with E-state index in [-0.39, 0.29) is 11.4 Å². The van der Waals surface area contributed by atoms with Gasteiger partial charge >= 0.3 is 6.03 Å². The van der Waals surface area contributed by atoms with Gasteiger partial charge in [-0.2, -0.15) is 0 Å². The van der Waals surface area contributed by atoms with Gasteiger partial charge in [0, 0.05) is 11.4 Å². The van der Waals surface area contributed by atoms with E-state index in [1.165, 1.54) is 5.56 Å². The van der Waals surface area contributed by atoms with Crippen LogP contribution < -0.4 is 10.6 Å². The molecule has 0 aliphatic carbocycles. The lowest BCUT2D eigenvalue weighted by molar-refractivity contribution is 0.251. The number of anilines is 1. The molecular formula is C16H22N4O. The van der Waals surface area contributed by atoms with Crippen LogP contribution in [0.25, 0.3) is 0 Å². The van der Waals surface area contributed by atoms with E-state index in [1.807, 2.05) is 31.2 Å². The van der Waals surface area contributed by atoms with Crippen molar-refractivity contribution >= 4 is 11.7 Å². The second kappa shape index (κ2) is 5.99. The molecular weight excluding hydrogens is 264 g/mol. The molecule has 0 atom stereocenters. The Hall–Kier alpha value is -2.30. The van der Waals surface area contributed by atoms with Crippen LogP contribution in [0, 0.1) is 6.92 Å². The lowest BCUT2D eigenvalue weighted by Crippen LogP contribution is -2.28. The Morgan fingerprint density at radius 2 is 1.90 bits per heavy atom. The van der Waals surface area contributed by atoms with Crippen LogP contribution in [0.3, 0.4) is 0 Å². The van der Waals surface area contributed by atoms with Crippen molar-refractivity contribution in [3.05, 3.63) is 47.5 Å². The highest BCUT2D eigenvalue weighted by atomic mass is 16.2. The first-order valence-electron chi connectivity index (χ1n) is 7.00. The van der Waals surface area contributed by atoms with Crippen LogP contribution in [0.4, 0.5) is 10.5 Å². The Labute approximate surface area is 125 Å². The van der Waals surface area contributed by atoms with Gasteiger partial charge in [-0.1, -0.05) is 32.9 Å². The van der Waals surface area contributed by atoms with E-state index in [9.17, 15) is 4.79 Å². The molecule has 1 aromatic heterocycles. The molecule has 2 aromatic rings. The third kappa shape index (κ3) is 4.08. The summed E-state index contributed by atoms with van der Waals surface area (Å²) in [6.45, 7) is 8.81. The molecule has 0 fully saturated rings. The Balaban J connectivity index is 1.89. The molecule has 21 heavy (non-hydrogen) atoms. The van der Waals surface area contributed by atoms with E-state index >= 15 is 0 Å². The number of rotatable bonds is 3. The molecule has 1 heterocycles. The van der Waals surface area contributed by atoms with Gasteiger partial charge in [0.05, 0.1) is 18.6 Å². The largest absolute Gasteiger partial charge is 0.348 e. The van der Waals surface area contributed by atoms with E-state index in [4.69, 9.17) is 0 Å². The van der Waals surface area contributed by atoms with Gasteiger partial charge in [-0.25, -0.2) is 9.78 Å². The Morgan fingerprint density at radius 3 is 2.43 bits per heavy atom. The molecule has 0 spiro atoms. The molecule has 0 aliphatic rings. The summed E-state index contributed by atoms with van der Waals surface area (Å²) in [5.41, 5.74) is 3.93. The van der Waals surface area contributed by atoms with Crippen molar-refractivity contribution in [1.29, 1.82) is 0 Å². The minimum absolute atomic E-state index is 0.109. The average molecular weight is 286 g/mol. The number of nitrogens with one attached hydrogen (secondary N) is 3. The summed E-state index contributed by atoms with van der Waals surface area (Å²) in [6.07, 6.45) is 1.62. The van der Waals surface area contributed by atoms with Gasteiger partial charge < -0.3 is 15.6 Å². The number of carbonyl (C=O) groups is 1. The van der Waals surface area contributed by atoms with Gasteiger partial charge in [-0.15, -0.1) is 0 Å². The van der Waals surface area contributed by atoms with Crippen LogP contribution in [0.15, 0.2) is 30.6 Å². The highest BCUT2D eigenvalue weighted by molar-refractivity contribution is 5.89. The number of carbonyl (C=O) groups excluding carboxylic acids is 1. The molecule has 0 unspecified atom stereocenters. The smallest absolute Gasteiger partial charge is 0.319 e. The fourth-order valence-corrected chi connectivity index (χ4v) is 1.96. The number of imidazole rings is 1. The zero-order valence-corrected chi connectivity index (χ0v) is 12.9. The molecule has 0 aliphatic heterocycles. The first kappa shape index (κ1) is 15.1. The molecule has 2 rings (SSSR count). The predicted molar refractivity (Wildman–Crippen MR) is 84.3 cm³/mol. The Kier molecular flexibility index (Phi) is 4.31. The van der Waals surface area contributed by atoms with Crippen molar-refractivity contribution in [2.75, 3.05) is 5.32 Å². The van der Waals surface area contributed by atoms with E-state index in [0.717, 1.165) is 17.1 Å². The number of nitrogens with zero attached hydrogens (tertiary/aromatic N) is 1. The van der Waals surface area contributed by atoms with Gasteiger partial charge in [0.2, 0.25) is 0 Å². The first-order valence-corrected chi connectivity index (χ1v) is 7.00. The summed E-state index contributed by atoms with van der Waals surface area (Å²) >= 11 is 0. The molecule has 0 saturated carbocycles. The molecule has 3 N–H and O–H groups in total. The summed E-state index contributed by atoms with van der Waals surface area (Å²) in [7, 11) is 0. The minimum Gasteiger partial charge on any atom is -0.348 e. The van der Waals surface area contributed by atoms with E-state index in [1.54, 1.807) is 6.33 Å². The van der Waals surface area contributed by atoms with Gasteiger partial charge in [-0.3, -0.25) is 0 Å². The van der Waals surface area contributed by atoms with Crippen LogP contribution >= 0.6 is 0 Å². The lowest BCUT2D eigenvalue weighted by Gasteiger charge is -2.19. The van der Waals surface area contributed by atoms with Crippen LogP contribution in [0.2, 0.25) is 0 Å². The number of urea groups is 1. The molecule has 2 amide bonds. The standard InChI is InChI=1S/C16H22N4O/c1-11-14(19-10-18-11)9-17-15(21)20-13-7-5-12(6-8-13)16(2,3)4/h5-8,10H,9H2,1-4H3,(H,18,19)(H2,17,20,21). The maximum Gasteiger partial charge on any atom is 0.319 e. The van der Waals surface area contributed by atoms with E-state index in [2.05, 4.69) is 41.4 Å². The fraction of sp³-hybridized carbons (Fsp3) is 0.375. The second-order valence-electron chi connectivity index (χ2n) is 6.11. The number of hydrogen-bond donors (Lipinski definition) is 3. The molecule has 0 saturated heterocycles. The van der Waals surface area contributed by atoms with Crippen molar-refractivity contribution < 1.29 is 4.79 Å². The second-order valence-corrected chi connectivity index (χ2v) is 6.11. The quantitative estimate of drug-likeness (QED) is 0.810. The maximum atomic E-state index is 11.8. The van der Waals surface area contributed by atoms with Crippen molar-refractivity contribution in [3.63, 3.8) is 0 Å².